The molecule has 1 aromatic carbocycles. The molecule has 0 bridgehead atoms. The van der Waals surface area contributed by atoms with E-state index in [4.69, 9.17) is 9.47 Å². The second-order valence-electron chi connectivity index (χ2n) is 10.9. The average Bonchev–Trinajstić information content (AvgIpc) is 2.90. The first-order valence-corrected chi connectivity index (χ1v) is 15.7. The molecule has 0 radical (unpaired) electrons. The van der Waals surface area contributed by atoms with Crippen LogP contribution in [0.4, 0.5) is 5.69 Å². The summed E-state index contributed by atoms with van der Waals surface area (Å²) in [4.78, 5) is 22.0. The molecule has 4 atom stereocenters. The molecule has 0 saturated heterocycles. The highest BCUT2D eigenvalue weighted by molar-refractivity contribution is 7.92. The summed E-state index contributed by atoms with van der Waals surface area (Å²) in [7, 11) is -1.50. The number of aromatic nitrogens is 1. The van der Waals surface area contributed by atoms with Crippen LogP contribution in [0.3, 0.4) is 0 Å². The van der Waals surface area contributed by atoms with Crippen molar-refractivity contribution in [3.8, 4) is 5.75 Å². The van der Waals surface area contributed by atoms with Gasteiger partial charge in [0.15, 0.2) is 0 Å². The fraction of sp³-hybridized carbons (Fsp3) is 0.586. The van der Waals surface area contributed by atoms with Crippen LogP contribution in [-0.4, -0.2) is 92.1 Å². The summed E-state index contributed by atoms with van der Waals surface area (Å²) in [5, 5.41) is 10.1. The van der Waals surface area contributed by atoms with E-state index in [1.807, 2.05) is 26.1 Å². The number of hydrogen-bond donors (Lipinski definition) is 2. The Hall–Kier alpha value is -2.73. The normalized spacial score (nSPS) is 22.2. The number of anilines is 1. The molecule has 11 heteroatoms. The van der Waals surface area contributed by atoms with E-state index >= 15 is 0 Å². The number of fused-ring (bicyclic) bond motifs is 1. The molecule has 1 aliphatic rings. The second-order valence-corrected chi connectivity index (χ2v) is 12.7. The summed E-state index contributed by atoms with van der Waals surface area (Å²) in [5.74, 6) is -0.00334. The molecule has 1 aromatic heterocycles. The fourth-order valence-electron chi connectivity index (χ4n) is 4.83. The monoisotopic (exact) mass is 576 g/mol. The molecule has 2 aromatic rings. The Bertz CT molecular complexity index is 1200. The number of carbonyl (C=O) groups is 1. The molecule has 0 spiro atoms. The van der Waals surface area contributed by atoms with Crippen LogP contribution in [0.15, 0.2) is 42.7 Å². The average molecular weight is 577 g/mol. The first kappa shape index (κ1) is 31.8. The lowest BCUT2D eigenvalue weighted by Gasteiger charge is -2.36. The van der Waals surface area contributed by atoms with Crippen LogP contribution in [0.25, 0.3) is 0 Å². The number of benzene rings is 1. The molecule has 0 saturated carbocycles. The highest BCUT2D eigenvalue weighted by Gasteiger charge is 2.30. The van der Waals surface area contributed by atoms with Crippen molar-refractivity contribution in [1.29, 1.82) is 0 Å². The van der Waals surface area contributed by atoms with Crippen molar-refractivity contribution in [1.82, 2.24) is 14.8 Å². The van der Waals surface area contributed by atoms with Crippen molar-refractivity contribution in [2.45, 2.75) is 64.8 Å². The summed E-state index contributed by atoms with van der Waals surface area (Å²) < 4.78 is 38.8. The Labute approximate surface area is 238 Å². The summed E-state index contributed by atoms with van der Waals surface area (Å²) in [6.45, 7) is 7.93. The maximum Gasteiger partial charge on any atom is 0.258 e. The predicted octanol–water partition coefficient (Wildman–Crippen LogP) is 3.38. The molecule has 0 unspecified atom stereocenters. The van der Waals surface area contributed by atoms with E-state index in [2.05, 4.69) is 21.5 Å². The van der Waals surface area contributed by atoms with Crippen LogP contribution in [0, 0.1) is 5.92 Å². The maximum atomic E-state index is 14.0. The maximum absolute atomic E-state index is 14.0. The third kappa shape index (κ3) is 9.72. The number of pyridine rings is 1. The van der Waals surface area contributed by atoms with E-state index in [1.165, 1.54) is 6.07 Å². The summed E-state index contributed by atoms with van der Waals surface area (Å²) in [6.07, 6.45) is 6.87. The molecule has 10 nitrogen and oxygen atoms in total. The number of nitrogens with zero attached hydrogens (tertiary/aromatic N) is 3. The van der Waals surface area contributed by atoms with Crippen LogP contribution < -0.4 is 9.46 Å². The van der Waals surface area contributed by atoms with Crippen molar-refractivity contribution >= 4 is 21.6 Å². The molecule has 1 aliphatic heterocycles. The Morgan fingerprint density at radius 2 is 1.93 bits per heavy atom. The Morgan fingerprint density at radius 1 is 1.20 bits per heavy atom. The largest absolute Gasteiger partial charge is 0.490 e. The van der Waals surface area contributed by atoms with Crippen molar-refractivity contribution in [3.05, 3.63) is 53.9 Å². The molecular weight excluding hydrogens is 532 g/mol. The van der Waals surface area contributed by atoms with Gasteiger partial charge in [-0.25, -0.2) is 8.42 Å². The fourth-order valence-corrected chi connectivity index (χ4v) is 5.39. The van der Waals surface area contributed by atoms with Gasteiger partial charge in [0, 0.05) is 50.2 Å². The molecule has 0 fully saturated rings. The molecule has 1 amide bonds. The Balaban J connectivity index is 1.92. The third-order valence-corrected chi connectivity index (χ3v) is 7.65. The van der Waals surface area contributed by atoms with Gasteiger partial charge in [0.05, 0.1) is 36.7 Å². The number of rotatable bonds is 8. The molecule has 2 heterocycles. The van der Waals surface area contributed by atoms with Crippen LogP contribution in [0.1, 0.15) is 56.0 Å². The van der Waals surface area contributed by atoms with Crippen LogP contribution in [0.5, 0.6) is 5.75 Å². The number of ether oxygens (including phenoxy) is 2. The smallest absolute Gasteiger partial charge is 0.258 e. The van der Waals surface area contributed by atoms with Crippen LogP contribution in [0.2, 0.25) is 0 Å². The second kappa shape index (κ2) is 14.8. The first-order valence-electron chi connectivity index (χ1n) is 13.9. The lowest BCUT2D eigenvalue weighted by atomic mass is 10.0. The van der Waals surface area contributed by atoms with Gasteiger partial charge in [-0.2, -0.15) is 0 Å². The molecule has 40 heavy (non-hydrogen) atoms. The number of hydrogen-bond acceptors (Lipinski definition) is 8. The quantitative estimate of drug-likeness (QED) is 0.491. The van der Waals surface area contributed by atoms with Crippen molar-refractivity contribution in [2.24, 2.45) is 5.92 Å². The molecule has 2 N–H and O–H groups in total. The lowest BCUT2D eigenvalue weighted by molar-refractivity contribution is -0.0177. The van der Waals surface area contributed by atoms with E-state index < -0.39 is 16.1 Å². The topological polar surface area (TPSA) is 121 Å². The summed E-state index contributed by atoms with van der Waals surface area (Å²) >= 11 is 0. The van der Waals surface area contributed by atoms with E-state index in [0.717, 1.165) is 37.6 Å². The zero-order chi connectivity index (χ0) is 29.3. The standard InChI is InChI=1S/C29H44N4O6S/c1-21-17-33(22(2)20-34)29(35)26-16-25(31-40(5,36)37)9-10-27(26)39-23(3)8-6-7-15-38-28(21)19-32(4)18-24-11-13-30-14-12-24/h9-14,16,21-23,28,31,34H,6-8,15,17-20H2,1-5H3/t21-,22-,23+,28+/m0/s1. The van der Waals surface area contributed by atoms with Crippen LogP contribution in [-0.2, 0) is 21.3 Å². The minimum absolute atomic E-state index is 0.0543. The summed E-state index contributed by atoms with van der Waals surface area (Å²) in [6, 6.07) is 8.24. The highest BCUT2D eigenvalue weighted by Crippen LogP contribution is 2.29. The SMILES string of the molecule is C[C@@H]1CCCCO[C@H](CN(C)Cc2ccncc2)[C@@H](C)CN([C@@H](C)CO)C(=O)c2cc(NS(C)(=O)=O)ccc2O1. The number of nitrogens with one attached hydrogen (secondary N) is 1. The molecule has 0 aliphatic carbocycles. The number of carbonyl (C=O) groups excluding carboxylic acids is 1. The molecular formula is C29H44N4O6S. The minimum atomic E-state index is -3.55. The van der Waals surface area contributed by atoms with Gasteiger partial charge in [-0.05, 0) is 76.1 Å². The van der Waals surface area contributed by atoms with Crippen molar-refractivity contribution < 1.29 is 27.8 Å². The van der Waals surface area contributed by atoms with E-state index in [-0.39, 0.29) is 41.9 Å². The Morgan fingerprint density at radius 3 is 2.60 bits per heavy atom. The van der Waals surface area contributed by atoms with Crippen molar-refractivity contribution in [3.63, 3.8) is 0 Å². The van der Waals surface area contributed by atoms with Gasteiger partial charge in [-0.1, -0.05) is 6.92 Å². The number of aliphatic hydroxyl groups excluding tert-OH is 1. The first-order chi connectivity index (χ1) is 19.0. The van der Waals surface area contributed by atoms with Crippen LogP contribution >= 0.6 is 0 Å². The zero-order valence-corrected chi connectivity index (χ0v) is 25.1. The predicted molar refractivity (Wildman–Crippen MR) is 156 cm³/mol. The summed E-state index contributed by atoms with van der Waals surface area (Å²) in [5.41, 5.74) is 1.67. The molecule has 222 valence electrons. The van der Waals surface area contributed by atoms with E-state index in [9.17, 15) is 18.3 Å². The van der Waals surface area contributed by atoms with Gasteiger partial charge in [0.2, 0.25) is 10.0 Å². The highest BCUT2D eigenvalue weighted by atomic mass is 32.2. The Kier molecular flexibility index (Phi) is 11.7. The van der Waals surface area contributed by atoms with Gasteiger partial charge >= 0.3 is 0 Å². The van der Waals surface area contributed by atoms with E-state index in [1.54, 1.807) is 36.4 Å². The number of likely N-dealkylation sites (N-methyl/N-ethyl adjacent to an activating group) is 1. The molecule has 3 rings (SSSR count). The number of amides is 1. The van der Waals surface area contributed by atoms with E-state index in [0.29, 0.717) is 25.4 Å². The number of aliphatic hydroxyl groups is 1. The van der Waals surface area contributed by atoms with Gasteiger partial charge < -0.3 is 19.5 Å². The minimum Gasteiger partial charge on any atom is -0.490 e. The van der Waals surface area contributed by atoms with Gasteiger partial charge in [-0.15, -0.1) is 0 Å². The third-order valence-electron chi connectivity index (χ3n) is 7.05. The van der Waals surface area contributed by atoms with Gasteiger partial charge in [0.25, 0.3) is 5.91 Å². The van der Waals surface area contributed by atoms with Crippen molar-refractivity contribution in [2.75, 3.05) is 44.3 Å². The number of sulfonamides is 1. The van der Waals surface area contributed by atoms with Gasteiger partial charge in [0.1, 0.15) is 5.75 Å². The zero-order valence-electron chi connectivity index (χ0n) is 24.2. The lowest BCUT2D eigenvalue weighted by Crippen LogP contribution is -2.47. The van der Waals surface area contributed by atoms with Gasteiger partial charge in [-0.3, -0.25) is 19.4 Å².